The number of nitrogens with one attached hydrogen (secondary N) is 1. The van der Waals surface area contributed by atoms with Crippen molar-refractivity contribution in [1.82, 2.24) is 20.2 Å². The van der Waals surface area contributed by atoms with Crippen LogP contribution in [0.5, 0.6) is 0 Å². The Morgan fingerprint density at radius 2 is 2.11 bits per heavy atom. The predicted molar refractivity (Wildman–Crippen MR) is 121 cm³/mol. The molecule has 12 heteroatoms. The van der Waals surface area contributed by atoms with Gasteiger partial charge < -0.3 is 29.3 Å². The average molecular weight is 512 g/mol. The molecule has 1 saturated carbocycles. The van der Waals surface area contributed by atoms with Gasteiger partial charge in [-0.05, 0) is 38.2 Å². The molecule has 0 radical (unpaired) electrons. The molecule has 0 aromatic carbocycles. The van der Waals surface area contributed by atoms with Gasteiger partial charge in [-0.25, -0.2) is 9.97 Å². The highest BCUT2D eigenvalue weighted by atomic mass is 19.4. The first kappa shape index (κ1) is 24.3. The van der Waals surface area contributed by atoms with Gasteiger partial charge in [0.05, 0.1) is 36.3 Å². The molecule has 2 unspecified atom stereocenters. The highest BCUT2D eigenvalue weighted by Crippen LogP contribution is 2.50. The molecule has 5 heterocycles. The summed E-state index contributed by atoms with van der Waals surface area (Å²) in [5.74, 6) is 0.209. The summed E-state index contributed by atoms with van der Waals surface area (Å²) in [4.78, 5) is 25.6. The molecule has 9 nitrogen and oxygen atoms in total. The number of nitrogens with zero attached hydrogens (tertiary/aromatic N) is 4. The van der Waals surface area contributed by atoms with Crippen molar-refractivity contribution in [3.05, 3.63) is 18.0 Å². The van der Waals surface area contributed by atoms with Crippen LogP contribution in [0.15, 0.2) is 12.3 Å². The van der Waals surface area contributed by atoms with Crippen LogP contribution in [0.2, 0.25) is 0 Å². The number of likely N-dealkylation sites (tertiary alicyclic amines) is 1. The molecule has 5 aliphatic rings. The van der Waals surface area contributed by atoms with Crippen LogP contribution >= 0.6 is 0 Å². The SMILES string of the molecule is CO[C@@H]1COCC[C@@H]1N[C@@H]1C[C@H]2OCC[C@@]2(C(=O)N2CC3CC2CN3c2nccc(C(F)(F)F)n2)C1. The number of carbonyl (C=O) groups excluding carboxylic acids is 1. The van der Waals surface area contributed by atoms with Crippen molar-refractivity contribution < 1.29 is 32.2 Å². The molecule has 5 fully saturated rings. The predicted octanol–water partition coefficient (Wildman–Crippen LogP) is 1.62. The van der Waals surface area contributed by atoms with E-state index in [2.05, 4.69) is 15.3 Å². The molecule has 36 heavy (non-hydrogen) atoms. The van der Waals surface area contributed by atoms with Gasteiger partial charge in [0.15, 0.2) is 0 Å². The number of alkyl halides is 3. The summed E-state index contributed by atoms with van der Waals surface area (Å²) in [5.41, 5.74) is -1.49. The van der Waals surface area contributed by atoms with Gasteiger partial charge in [0, 0.05) is 51.7 Å². The molecule has 1 N–H and O–H groups in total. The van der Waals surface area contributed by atoms with Crippen LogP contribution in [0.25, 0.3) is 0 Å². The van der Waals surface area contributed by atoms with Gasteiger partial charge in [0.25, 0.3) is 0 Å². The van der Waals surface area contributed by atoms with Gasteiger partial charge in [-0.2, -0.15) is 13.2 Å². The van der Waals surface area contributed by atoms with E-state index in [9.17, 15) is 18.0 Å². The van der Waals surface area contributed by atoms with Crippen molar-refractivity contribution in [2.24, 2.45) is 5.41 Å². The molecule has 198 valence electrons. The molecule has 0 spiro atoms. The second-order valence-corrected chi connectivity index (χ2v) is 10.7. The Hall–Kier alpha value is -2.02. The number of carbonyl (C=O) groups is 1. The van der Waals surface area contributed by atoms with Crippen LogP contribution in [0, 0.1) is 5.41 Å². The summed E-state index contributed by atoms with van der Waals surface area (Å²) in [6.07, 6.45) is 0.287. The number of aromatic nitrogens is 2. The Labute approximate surface area is 207 Å². The van der Waals surface area contributed by atoms with Crippen molar-refractivity contribution in [1.29, 1.82) is 0 Å². The van der Waals surface area contributed by atoms with Gasteiger partial charge in [-0.3, -0.25) is 4.79 Å². The Morgan fingerprint density at radius 3 is 2.86 bits per heavy atom. The van der Waals surface area contributed by atoms with E-state index in [1.807, 2.05) is 9.80 Å². The van der Waals surface area contributed by atoms with Crippen LogP contribution in [0.4, 0.5) is 19.1 Å². The highest BCUT2D eigenvalue weighted by Gasteiger charge is 2.60. The molecule has 2 bridgehead atoms. The molecule has 1 aromatic rings. The Bertz CT molecular complexity index is 999. The number of piperazine rings is 1. The topological polar surface area (TPSA) is 89.0 Å². The van der Waals surface area contributed by atoms with E-state index in [1.165, 1.54) is 0 Å². The van der Waals surface area contributed by atoms with Gasteiger partial charge >= 0.3 is 6.18 Å². The maximum absolute atomic E-state index is 14.0. The first-order chi connectivity index (χ1) is 17.3. The summed E-state index contributed by atoms with van der Waals surface area (Å²) >= 11 is 0. The number of ether oxygens (including phenoxy) is 3. The molecular formula is C24H32F3N5O4. The number of hydrogen-bond acceptors (Lipinski definition) is 8. The fourth-order valence-electron chi connectivity index (χ4n) is 7.00. The van der Waals surface area contributed by atoms with Gasteiger partial charge in [-0.1, -0.05) is 0 Å². The fraction of sp³-hybridized carbons (Fsp3) is 0.792. The van der Waals surface area contributed by atoms with E-state index in [0.717, 1.165) is 31.5 Å². The third-order valence-corrected chi connectivity index (χ3v) is 8.77. The molecule has 4 aliphatic heterocycles. The zero-order valence-electron chi connectivity index (χ0n) is 20.2. The van der Waals surface area contributed by atoms with E-state index in [4.69, 9.17) is 14.2 Å². The average Bonchev–Trinajstić information content (AvgIpc) is 3.63. The first-order valence-electron chi connectivity index (χ1n) is 12.7. The summed E-state index contributed by atoms with van der Waals surface area (Å²) in [5, 5.41) is 3.73. The normalized spacial score (nSPS) is 38.1. The largest absolute Gasteiger partial charge is 0.433 e. The lowest BCUT2D eigenvalue weighted by Crippen LogP contribution is -2.55. The van der Waals surface area contributed by atoms with Crippen LogP contribution in [-0.2, 0) is 25.2 Å². The zero-order valence-corrected chi connectivity index (χ0v) is 20.2. The van der Waals surface area contributed by atoms with Gasteiger partial charge in [0.1, 0.15) is 5.69 Å². The Balaban J connectivity index is 1.13. The molecular weight excluding hydrogens is 479 g/mol. The van der Waals surface area contributed by atoms with Crippen LogP contribution in [-0.4, -0.2) is 97.2 Å². The summed E-state index contributed by atoms with van der Waals surface area (Å²) in [6.45, 7) is 2.75. The van der Waals surface area contributed by atoms with Crippen LogP contribution in [0.1, 0.15) is 37.8 Å². The molecule has 4 saturated heterocycles. The summed E-state index contributed by atoms with van der Waals surface area (Å²) in [6, 6.07) is 1.09. The second-order valence-electron chi connectivity index (χ2n) is 10.7. The van der Waals surface area contributed by atoms with E-state index in [-0.39, 0.29) is 48.2 Å². The molecule has 1 aromatic heterocycles. The fourth-order valence-corrected chi connectivity index (χ4v) is 7.00. The van der Waals surface area contributed by atoms with E-state index in [1.54, 1.807) is 7.11 Å². The number of amides is 1. The third kappa shape index (κ3) is 4.06. The summed E-state index contributed by atoms with van der Waals surface area (Å²) < 4.78 is 56.6. The molecule has 6 rings (SSSR count). The highest BCUT2D eigenvalue weighted by molar-refractivity contribution is 5.85. The Morgan fingerprint density at radius 1 is 1.25 bits per heavy atom. The van der Waals surface area contributed by atoms with E-state index < -0.39 is 17.3 Å². The lowest BCUT2D eigenvalue weighted by Gasteiger charge is -2.39. The third-order valence-electron chi connectivity index (χ3n) is 8.77. The lowest BCUT2D eigenvalue weighted by atomic mass is 9.80. The van der Waals surface area contributed by atoms with Gasteiger partial charge in [-0.15, -0.1) is 0 Å². The van der Waals surface area contributed by atoms with Crippen LogP contribution < -0.4 is 10.2 Å². The van der Waals surface area contributed by atoms with Crippen molar-refractivity contribution >= 4 is 11.9 Å². The number of fused-ring (bicyclic) bond motifs is 3. The maximum atomic E-state index is 14.0. The first-order valence-corrected chi connectivity index (χ1v) is 12.7. The standard InChI is InChI=1S/C24H32F3N5O4/c1-34-18-13-35-6-3-17(18)29-14-8-20-23(10-14,4-7-36-20)21(33)31-11-16-9-15(31)12-32(16)22-28-5-2-19(30-22)24(25,26)27/h2,5,14-18,20,29H,3-4,6-13H2,1H3/t14-,15?,16?,17+,18-,20-,23-/m1/s1. The smallest absolute Gasteiger partial charge is 0.379 e. The number of hydrogen-bond donors (Lipinski definition) is 1. The van der Waals surface area contributed by atoms with E-state index in [0.29, 0.717) is 45.8 Å². The van der Waals surface area contributed by atoms with Crippen molar-refractivity contribution in [3.8, 4) is 0 Å². The monoisotopic (exact) mass is 511 g/mol. The Kier molecular flexibility index (Phi) is 6.13. The number of halogens is 3. The lowest BCUT2D eigenvalue weighted by molar-refractivity contribution is -0.145. The van der Waals surface area contributed by atoms with Gasteiger partial charge in [0.2, 0.25) is 11.9 Å². The van der Waals surface area contributed by atoms with E-state index >= 15 is 0 Å². The number of rotatable bonds is 5. The number of methoxy groups -OCH3 is 1. The van der Waals surface area contributed by atoms with Crippen molar-refractivity contribution in [2.75, 3.05) is 44.9 Å². The quantitative estimate of drug-likeness (QED) is 0.638. The molecule has 1 aliphatic carbocycles. The minimum atomic E-state index is -4.52. The minimum Gasteiger partial charge on any atom is -0.379 e. The molecule has 7 atom stereocenters. The van der Waals surface area contributed by atoms with Crippen LogP contribution in [0.3, 0.4) is 0 Å². The molecule has 1 amide bonds. The van der Waals surface area contributed by atoms with Crippen molar-refractivity contribution in [2.45, 2.75) is 74.7 Å². The van der Waals surface area contributed by atoms with Crippen molar-refractivity contribution in [3.63, 3.8) is 0 Å². The maximum Gasteiger partial charge on any atom is 0.433 e. The minimum absolute atomic E-state index is 0.00914. The second kappa shape index (κ2) is 9.07. The summed E-state index contributed by atoms with van der Waals surface area (Å²) in [7, 11) is 1.70. The zero-order chi connectivity index (χ0) is 25.1. The number of anilines is 1.